The summed E-state index contributed by atoms with van der Waals surface area (Å²) >= 11 is 5.51. The molecule has 1 heterocycles. The molecule has 2 rings (SSSR count). The second kappa shape index (κ2) is 8.61. The first-order chi connectivity index (χ1) is 10.2. The van der Waals surface area contributed by atoms with E-state index in [1.807, 2.05) is 24.2 Å². The predicted molar refractivity (Wildman–Crippen MR) is 93.9 cm³/mol. The molecule has 21 heavy (non-hydrogen) atoms. The number of imidazole rings is 1. The highest BCUT2D eigenvalue weighted by Gasteiger charge is 2.11. The van der Waals surface area contributed by atoms with Gasteiger partial charge < -0.3 is 9.88 Å². The van der Waals surface area contributed by atoms with E-state index in [1.54, 1.807) is 0 Å². The Kier molecular flexibility index (Phi) is 6.80. The number of aromatic nitrogens is 2. The van der Waals surface area contributed by atoms with E-state index < -0.39 is 0 Å². The van der Waals surface area contributed by atoms with Crippen molar-refractivity contribution < 1.29 is 0 Å². The fraction of sp³-hybridized carbons (Fsp3) is 0.438. The average molecular weight is 368 g/mol. The summed E-state index contributed by atoms with van der Waals surface area (Å²) in [5.41, 5.74) is 0. The van der Waals surface area contributed by atoms with Crippen molar-refractivity contribution in [2.45, 2.75) is 30.7 Å². The molecule has 0 fully saturated rings. The molecule has 0 radical (unpaired) electrons. The molecule has 1 N–H and O–H groups in total. The van der Waals surface area contributed by atoms with E-state index in [-0.39, 0.29) is 0 Å². The fourth-order valence-corrected chi connectivity index (χ4v) is 3.90. The van der Waals surface area contributed by atoms with Gasteiger partial charge in [-0.1, -0.05) is 19.1 Å². The SMILES string of the molecule is CCNC(CCc1nccn1C)CSc1ccccc1Br. The van der Waals surface area contributed by atoms with Gasteiger partial charge in [0.15, 0.2) is 0 Å². The monoisotopic (exact) mass is 367 g/mol. The van der Waals surface area contributed by atoms with Crippen molar-refractivity contribution in [3.63, 3.8) is 0 Å². The second-order valence-corrected chi connectivity index (χ2v) is 6.91. The van der Waals surface area contributed by atoms with Crippen LogP contribution < -0.4 is 5.32 Å². The van der Waals surface area contributed by atoms with Crippen LogP contribution in [0.25, 0.3) is 0 Å². The number of halogens is 1. The van der Waals surface area contributed by atoms with Crippen LogP contribution in [0.15, 0.2) is 46.0 Å². The number of hydrogen-bond acceptors (Lipinski definition) is 3. The quantitative estimate of drug-likeness (QED) is 0.717. The Balaban J connectivity index is 1.87. The van der Waals surface area contributed by atoms with E-state index in [2.05, 4.69) is 69.0 Å². The maximum atomic E-state index is 4.40. The zero-order chi connectivity index (χ0) is 15.1. The Bertz CT molecular complexity index is 556. The number of rotatable bonds is 8. The number of thioether (sulfide) groups is 1. The van der Waals surface area contributed by atoms with Gasteiger partial charge >= 0.3 is 0 Å². The third-order valence-corrected chi connectivity index (χ3v) is 5.60. The summed E-state index contributed by atoms with van der Waals surface area (Å²) in [5.74, 6) is 2.23. The third-order valence-electron chi connectivity index (χ3n) is 3.41. The van der Waals surface area contributed by atoms with E-state index in [0.717, 1.165) is 31.0 Å². The summed E-state index contributed by atoms with van der Waals surface area (Å²) in [5, 5.41) is 3.58. The number of aryl methyl sites for hydroxylation is 2. The van der Waals surface area contributed by atoms with Crippen molar-refractivity contribution in [2.75, 3.05) is 12.3 Å². The van der Waals surface area contributed by atoms with Gasteiger partial charge in [-0.05, 0) is 41.0 Å². The lowest BCUT2D eigenvalue weighted by Crippen LogP contribution is -2.31. The smallest absolute Gasteiger partial charge is 0.108 e. The highest BCUT2D eigenvalue weighted by molar-refractivity contribution is 9.10. The predicted octanol–water partition coefficient (Wildman–Crippen LogP) is 3.89. The molecule has 0 aliphatic rings. The molecule has 1 aromatic carbocycles. The minimum atomic E-state index is 0.504. The van der Waals surface area contributed by atoms with Gasteiger partial charge in [0.1, 0.15) is 5.82 Å². The van der Waals surface area contributed by atoms with Crippen molar-refractivity contribution in [1.82, 2.24) is 14.9 Å². The minimum absolute atomic E-state index is 0.504. The van der Waals surface area contributed by atoms with Crippen molar-refractivity contribution in [2.24, 2.45) is 7.05 Å². The molecule has 0 spiro atoms. The lowest BCUT2D eigenvalue weighted by molar-refractivity contribution is 0.526. The molecule has 2 aromatic rings. The van der Waals surface area contributed by atoms with Crippen LogP contribution in [-0.2, 0) is 13.5 Å². The van der Waals surface area contributed by atoms with Crippen molar-refractivity contribution >= 4 is 27.7 Å². The molecular formula is C16H22BrN3S. The van der Waals surface area contributed by atoms with Crippen molar-refractivity contribution in [1.29, 1.82) is 0 Å². The van der Waals surface area contributed by atoms with Crippen LogP contribution in [-0.4, -0.2) is 27.9 Å². The van der Waals surface area contributed by atoms with Gasteiger partial charge in [-0.2, -0.15) is 0 Å². The molecule has 5 heteroatoms. The summed E-state index contributed by atoms with van der Waals surface area (Å²) in [7, 11) is 2.06. The van der Waals surface area contributed by atoms with E-state index in [9.17, 15) is 0 Å². The molecular weight excluding hydrogens is 346 g/mol. The summed E-state index contributed by atoms with van der Waals surface area (Å²) in [4.78, 5) is 5.70. The Morgan fingerprint density at radius 1 is 1.38 bits per heavy atom. The van der Waals surface area contributed by atoms with Crippen LogP contribution in [0.2, 0.25) is 0 Å². The van der Waals surface area contributed by atoms with Crippen molar-refractivity contribution in [3.8, 4) is 0 Å². The number of nitrogens with zero attached hydrogens (tertiary/aromatic N) is 2. The highest BCUT2D eigenvalue weighted by atomic mass is 79.9. The van der Waals surface area contributed by atoms with E-state index in [1.165, 1.54) is 9.37 Å². The molecule has 0 saturated carbocycles. The molecule has 1 aromatic heterocycles. The van der Waals surface area contributed by atoms with Gasteiger partial charge in [-0.25, -0.2) is 4.98 Å². The minimum Gasteiger partial charge on any atom is -0.338 e. The fourth-order valence-electron chi connectivity index (χ4n) is 2.23. The van der Waals surface area contributed by atoms with Gasteiger partial charge in [-0.3, -0.25) is 0 Å². The Morgan fingerprint density at radius 3 is 2.86 bits per heavy atom. The molecule has 0 amide bonds. The van der Waals surface area contributed by atoms with Crippen LogP contribution >= 0.6 is 27.7 Å². The van der Waals surface area contributed by atoms with Gasteiger partial charge in [0, 0.05) is 47.0 Å². The third kappa shape index (κ3) is 5.16. The Labute approximate surface area is 139 Å². The van der Waals surface area contributed by atoms with Crippen LogP contribution in [0.5, 0.6) is 0 Å². The zero-order valence-electron chi connectivity index (χ0n) is 12.6. The van der Waals surface area contributed by atoms with Crippen LogP contribution in [0.4, 0.5) is 0 Å². The maximum Gasteiger partial charge on any atom is 0.108 e. The second-order valence-electron chi connectivity index (χ2n) is 4.99. The van der Waals surface area contributed by atoms with Crippen LogP contribution in [0.1, 0.15) is 19.2 Å². The largest absolute Gasteiger partial charge is 0.338 e. The summed E-state index contributed by atoms with van der Waals surface area (Å²) in [6.07, 6.45) is 5.99. The summed E-state index contributed by atoms with van der Waals surface area (Å²) in [6, 6.07) is 8.90. The summed E-state index contributed by atoms with van der Waals surface area (Å²) in [6.45, 7) is 3.17. The first kappa shape index (κ1) is 16.6. The first-order valence-electron chi connectivity index (χ1n) is 7.27. The molecule has 3 nitrogen and oxygen atoms in total. The normalized spacial score (nSPS) is 12.5. The van der Waals surface area contributed by atoms with Gasteiger partial charge in [-0.15, -0.1) is 11.8 Å². The van der Waals surface area contributed by atoms with Gasteiger partial charge in [0.05, 0.1) is 0 Å². The standard InChI is InChI=1S/C16H22BrN3S/c1-3-18-13(8-9-16-19-10-11-20(16)2)12-21-15-7-5-4-6-14(15)17/h4-7,10-11,13,18H,3,8-9,12H2,1-2H3. The molecule has 1 atom stereocenters. The highest BCUT2D eigenvalue weighted by Crippen LogP contribution is 2.27. The number of nitrogens with one attached hydrogen (secondary N) is 1. The topological polar surface area (TPSA) is 29.9 Å². The van der Waals surface area contributed by atoms with Crippen LogP contribution in [0.3, 0.4) is 0 Å². The number of hydrogen-bond donors (Lipinski definition) is 1. The first-order valence-corrected chi connectivity index (χ1v) is 9.05. The zero-order valence-corrected chi connectivity index (χ0v) is 15.0. The molecule has 0 aliphatic carbocycles. The Morgan fingerprint density at radius 2 is 2.19 bits per heavy atom. The molecule has 0 aliphatic heterocycles. The Hall–Kier alpha value is -0.780. The van der Waals surface area contributed by atoms with Crippen LogP contribution in [0, 0.1) is 0 Å². The lowest BCUT2D eigenvalue weighted by atomic mass is 10.2. The summed E-state index contributed by atoms with van der Waals surface area (Å²) < 4.78 is 3.28. The molecule has 0 saturated heterocycles. The molecule has 0 bridgehead atoms. The van der Waals surface area contributed by atoms with E-state index >= 15 is 0 Å². The number of benzene rings is 1. The van der Waals surface area contributed by atoms with Gasteiger partial charge in [0.2, 0.25) is 0 Å². The average Bonchev–Trinajstić information content (AvgIpc) is 2.89. The van der Waals surface area contributed by atoms with E-state index in [0.29, 0.717) is 6.04 Å². The lowest BCUT2D eigenvalue weighted by Gasteiger charge is -2.17. The molecule has 114 valence electrons. The maximum absolute atomic E-state index is 4.40. The molecule has 1 unspecified atom stereocenters. The van der Waals surface area contributed by atoms with Gasteiger partial charge in [0.25, 0.3) is 0 Å². The van der Waals surface area contributed by atoms with E-state index in [4.69, 9.17) is 0 Å². The van der Waals surface area contributed by atoms with Crippen molar-refractivity contribution in [3.05, 3.63) is 47.0 Å².